The minimum absolute atomic E-state index is 0.121. The van der Waals surface area contributed by atoms with Gasteiger partial charge >= 0.3 is 0 Å². The minimum Gasteiger partial charge on any atom is -0.397 e. The summed E-state index contributed by atoms with van der Waals surface area (Å²) >= 11 is 18.2. The van der Waals surface area contributed by atoms with E-state index in [0.717, 1.165) is 0 Å². The normalized spacial score (nSPS) is 10.2. The lowest BCUT2D eigenvalue weighted by Crippen LogP contribution is -1.99. The standard InChI is InChI=1S/C13H8Cl3N3/c14-7-1-2-8(15)13(16)12(7)11-4-3-9(18)10(19-11)5-6-17/h1-4H,5,18H2. The van der Waals surface area contributed by atoms with Gasteiger partial charge in [0.1, 0.15) is 0 Å². The van der Waals surface area contributed by atoms with E-state index in [1.807, 2.05) is 6.07 Å². The topological polar surface area (TPSA) is 62.7 Å². The van der Waals surface area contributed by atoms with Crippen molar-refractivity contribution >= 4 is 40.5 Å². The van der Waals surface area contributed by atoms with Crippen LogP contribution in [0.1, 0.15) is 5.69 Å². The highest BCUT2D eigenvalue weighted by Crippen LogP contribution is 2.38. The molecule has 0 aliphatic rings. The van der Waals surface area contributed by atoms with Crippen LogP contribution in [0.5, 0.6) is 0 Å². The van der Waals surface area contributed by atoms with Crippen molar-refractivity contribution in [2.75, 3.05) is 5.73 Å². The number of rotatable bonds is 2. The molecule has 0 fully saturated rings. The van der Waals surface area contributed by atoms with Crippen molar-refractivity contribution in [3.8, 4) is 17.3 Å². The first-order valence-electron chi connectivity index (χ1n) is 5.30. The summed E-state index contributed by atoms with van der Waals surface area (Å²) in [5.41, 5.74) is 7.78. The highest BCUT2D eigenvalue weighted by molar-refractivity contribution is 6.46. The summed E-state index contributed by atoms with van der Waals surface area (Å²) < 4.78 is 0. The molecular formula is C13H8Cl3N3. The molecule has 96 valence electrons. The highest BCUT2D eigenvalue weighted by Gasteiger charge is 2.14. The van der Waals surface area contributed by atoms with Gasteiger partial charge in [-0.3, -0.25) is 0 Å². The molecule has 0 saturated carbocycles. The first-order valence-corrected chi connectivity index (χ1v) is 6.44. The maximum absolute atomic E-state index is 8.74. The number of nitrogens with two attached hydrogens (primary N) is 1. The second-order valence-corrected chi connectivity index (χ2v) is 4.98. The number of nitrogens with zero attached hydrogens (tertiary/aromatic N) is 2. The summed E-state index contributed by atoms with van der Waals surface area (Å²) in [5, 5.41) is 9.90. The van der Waals surface area contributed by atoms with E-state index in [1.54, 1.807) is 24.3 Å². The largest absolute Gasteiger partial charge is 0.397 e. The van der Waals surface area contributed by atoms with Gasteiger partial charge in [0.25, 0.3) is 0 Å². The average Bonchev–Trinajstić information content (AvgIpc) is 2.38. The molecule has 1 heterocycles. The van der Waals surface area contributed by atoms with Crippen LogP contribution in [0.3, 0.4) is 0 Å². The highest BCUT2D eigenvalue weighted by atomic mass is 35.5. The van der Waals surface area contributed by atoms with Gasteiger partial charge < -0.3 is 5.73 Å². The molecule has 0 spiro atoms. The fourth-order valence-electron chi connectivity index (χ4n) is 1.63. The van der Waals surface area contributed by atoms with Crippen LogP contribution in [0.15, 0.2) is 24.3 Å². The molecule has 0 atom stereocenters. The minimum atomic E-state index is 0.121. The van der Waals surface area contributed by atoms with Crippen molar-refractivity contribution in [1.82, 2.24) is 4.98 Å². The van der Waals surface area contributed by atoms with Crippen molar-refractivity contribution < 1.29 is 0 Å². The maximum Gasteiger partial charge on any atom is 0.0795 e. The molecule has 3 nitrogen and oxygen atoms in total. The lowest BCUT2D eigenvalue weighted by Gasteiger charge is -2.10. The lowest BCUT2D eigenvalue weighted by atomic mass is 10.1. The zero-order chi connectivity index (χ0) is 14.0. The predicted molar refractivity (Wildman–Crippen MR) is 78.4 cm³/mol. The quantitative estimate of drug-likeness (QED) is 0.838. The summed E-state index contributed by atoms with van der Waals surface area (Å²) in [6, 6.07) is 8.63. The monoisotopic (exact) mass is 311 g/mol. The van der Waals surface area contributed by atoms with Crippen molar-refractivity contribution in [3.63, 3.8) is 0 Å². The molecule has 2 N–H and O–H groups in total. The summed E-state index contributed by atoms with van der Waals surface area (Å²) in [5.74, 6) is 0. The van der Waals surface area contributed by atoms with Gasteiger partial charge in [-0.05, 0) is 24.3 Å². The number of anilines is 1. The smallest absolute Gasteiger partial charge is 0.0795 e. The second kappa shape index (κ2) is 5.66. The SMILES string of the molecule is N#CCc1nc(-c2c(Cl)ccc(Cl)c2Cl)ccc1N. The van der Waals surface area contributed by atoms with Crippen LogP contribution in [0.2, 0.25) is 15.1 Å². The van der Waals surface area contributed by atoms with Gasteiger partial charge in [0.15, 0.2) is 0 Å². The number of hydrogen-bond acceptors (Lipinski definition) is 3. The van der Waals surface area contributed by atoms with E-state index in [2.05, 4.69) is 4.98 Å². The van der Waals surface area contributed by atoms with Crippen molar-refractivity contribution in [1.29, 1.82) is 5.26 Å². The maximum atomic E-state index is 8.74. The van der Waals surface area contributed by atoms with Crippen molar-refractivity contribution in [3.05, 3.63) is 45.0 Å². The van der Waals surface area contributed by atoms with E-state index in [0.29, 0.717) is 37.7 Å². The Morgan fingerprint density at radius 3 is 2.47 bits per heavy atom. The summed E-state index contributed by atoms with van der Waals surface area (Å²) in [7, 11) is 0. The number of nitriles is 1. The molecule has 0 aliphatic heterocycles. The van der Waals surface area contributed by atoms with Crippen LogP contribution in [-0.2, 0) is 6.42 Å². The summed E-state index contributed by atoms with van der Waals surface area (Å²) in [6.07, 6.45) is 0.121. The molecule has 19 heavy (non-hydrogen) atoms. The fourth-order valence-corrected chi connectivity index (χ4v) is 2.35. The molecule has 0 unspecified atom stereocenters. The Kier molecular flexibility index (Phi) is 4.16. The number of hydrogen-bond donors (Lipinski definition) is 1. The summed E-state index contributed by atoms with van der Waals surface area (Å²) in [4.78, 5) is 4.32. The lowest BCUT2D eigenvalue weighted by molar-refractivity contribution is 1.12. The third-order valence-electron chi connectivity index (χ3n) is 2.56. The van der Waals surface area contributed by atoms with Crippen molar-refractivity contribution in [2.45, 2.75) is 6.42 Å². The number of benzene rings is 1. The Bertz CT molecular complexity index is 678. The summed E-state index contributed by atoms with van der Waals surface area (Å²) in [6.45, 7) is 0. The number of halogens is 3. The Labute approximate surface area is 125 Å². The fraction of sp³-hybridized carbons (Fsp3) is 0.0769. The van der Waals surface area contributed by atoms with Crippen LogP contribution in [0.4, 0.5) is 5.69 Å². The van der Waals surface area contributed by atoms with Crippen LogP contribution < -0.4 is 5.73 Å². The molecule has 0 saturated heterocycles. The van der Waals surface area contributed by atoms with Gasteiger partial charge in [-0.1, -0.05) is 34.8 Å². The third kappa shape index (κ3) is 2.76. The Morgan fingerprint density at radius 2 is 1.79 bits per heavy atom. The van der Waals surface area contributed by atoms with E-state index < -0.39 is 0 Å². The molecule has 2 rings (SSSR count). The zero-order valence-electron chi connectivity index (χ0n) is 9.62. The predicted octanol–water partition coefficient (Wildman–Crippen LogP) is 4.36. The van der Waals surface area contributed by atoms with Gasteiger partial charge in [-0.2, -0.15) is 5.26 Å². The molecule has 6 heteroatoms. The molecule has 0 bridgehead atoms. The van der Waals surface area contributed by atoms with Gasteiger partial charge in [0, 0.05) is 5.56 Å². The van der Waals surface area contributed by atoms with E-state index in [-0.39, 0.29) is 6.42 Å². The first-order chi connectivity index (χ1) is 9.04. The van der Waals surface area contributed by atoms with Gasteiger partial charge in [0.05, 0.1) is 44.6 Å². The molecule has 2 aromatic rings. The molecule has 0 radical (unpaired) electrons. The van der Waals surface area contributed by atoms with Gasteiger partial charge in [0.2, 0.25) is 0 Å². The van der Waals surface area contributed by atoms with Crippen LogP contribution >= 0.6 is 34.8 Å². The Hall–Kier alpha value is -1.47. The number of aromatic nitrogens is 1. The van der Waals surface area contributed by atoms with Crippen LogP contribution in [-0.4, -0.2) is 4.98 Å². The van der Waals surface area contributed by atoms with Gasteiger partial charge in [-0.15, -0.1) is 0 Å². The Morgan fingerprint density at radius 1 is 1.11 bits per heavy atom. The van der Waals surface area contributed by atoms with Crippen molar-refractivity contribution in [2.24, 2.45) is 0 Å². The van der Waals surface area contributed by atoms with E-state index >= 15 is 0 Å². The molecule has 1 aromatic heterocycles. The number of nitrogen functional groups attached to an aromatic ring is 1. The van der Waals surface area contributed by atoms with E-state index in [4.69, 9.17) is 45.8 Å². The zero-order valence-corrected chi connectivity index (χ0v) is 11.9. The Balaban J connectivity index is 2.63. The molecule has 1 aromatic carbocycles. The average molecular weight is 313 g/mol. The molecular weight excluding hydrogens is 305 g/mol. The van der Waals surface area contributed by atoms with E-state index in [1.165, 1.54) is 0 Å². The second-order valence-electron chi connectivity index (χ2n) is 3.79. The molecule has 0 aliphatic carbocycles. The first kappa shape index (κ1) is 14.0. The number of pyridine rings is 1. The van der Waals surface area contributed by atoms with Crippen LogP contribution in [0, 0.1) is 11.3 Å². The third-order valence-corrected chi connectivity index (χ3v) is 3.68. The van der Waals surface area contributed by atoms with Gasteiger partial charge in [-0.25, -0.2) is 4.98 Å². The van der Waals surface area contributed by atoms with E-state index in [9.17, 15) is 0 Å². The van der Waals surface area contributed by atoms with Crippen LogP contribution in [0.25, 0.3) is 11.3 Å². The molecule has 0 amide bonds.